The molecule has 0 aliphatic heterocycles. The van der Waals surface area contributed by atoms with E-state index in [0.29, 0.717) is 17.0 Å². The molecule has 0 unspecified atom stereocenters. The van der Waals surface area contributed by atoms with Crippen molar-refractivity contribution in [2.24, 2.45) is 5.14 Å². The predicted octanol–water partition coefficient (Wildman–Crippen LogP) is 2.40. The normalized spacial score (nSPS) is 11.3. The lowest BCUT2D eigenvalue weighted by molar-refractivity contribution is 0.102. The number of methoxy groups -OCH3 is 1. The molecule has 0 atom stereocenters. The summed E-state index contributed by atoms with van der Waals surface area (Å²) in [5.74, 6) is -0.299. The van der Waals surface area contributed by atoms with Crippen LogP contribution in [-0.2, 0) is 10.0 Å². The zero-order valence-corrected chi connectivity index (χ0v) is 16.4. The van der Waals surface area contributed by atoms with E-state index >= 15 is 0 Å². The van der Waals surface area contributed by atoms with E-state index < -0.39 is 15.9 Å². The van der Waals surface area contributed by atoms with Gasteiger partial charge in [-0.25, -0.2) is 18.2 Å². The Labute approximate surface area is 163 Å². The molecule has 8 nitrogen and oxygen atoms in total. The van der Waals surface area contributed by atoms with Crippen molar-refractivity contribution in [1.82, 2.24) is 9.78 Å². The van der Waals surface area contributed by atoms with Crippen molar-refractivity contribution in [2.45, 2.75) is 18.7 Å². The highest BCUT2D eigenvalue weighted by Crippen LogP contribution is 2.27. The maximum absolute atomic E-state index is 12.8. The highest BCUT2D eigenvalue weighted by molar-refractivity contribution is 7.89. The summed E-state index contributed by atoms with van der Waals surface area (Å²) < 4.78 is 30.2. The average molecular weight is 400 g/mol. The van der Waals surface area contributed by atoms with E-state index in [4.69, 9.17) is 9.88 Å². The lowest BCUT2D eigenvalue weighted by Gasteiger charge is -2.11. The van der Waals surface area contributed by atoms with Crippen LogP contribution >= 0.6 is 0 Å². The highest BCUT2D eigenvalue weighted by atomic mass is 32.2. The summed E-state index contributed by atoms with van der Waals surface area (Å²) in [5, 5.41) is 12.4. The molecule has 1 amide bonds. The molecule has 3 aromatic rings. The molecule has 0 fully saturated rings. The molecule has 1 heterocycles. The standard InChI is InChI=1S/C19H20N4O4S/c1-12-18(13(2)23(22-12)15-7-5-4-6-8-15)19(24)21-14-9-10-16(27-3)17(11-14)28(20,25)26/h4-11H,1-3H3,(H,21,24)(H2,20,25,26). The number of nitrogens with one attached hydrogen (secondary N) is 1. The fourth-order valence-electron chi connectivity index (χ4n) is 2.96. The summed E-state index contributed by atoms with van der Waals surface area (Å²) in [6, 6.07) is 13.7. The number of ether oxygens (including phenoxy) is 1. The van der Waals surface area contributed by atoms with Crippen LogP contribution < -0.4 is 15.2 Å². The molecule has 0 bridgehead atoms. The third-order valence-electron chi connectivity index (χ3n) is 4.25. The lowest BCUT2D eigenvalue weighted by atomic mass is 10.1. The Morgan fingerprint density at radius 1 is 1.14 bits per heavy atom. The number of hydrogen-bond donors (Lipinski definition) is 2. The molecule has 1 aromatic heterocycles. The van der Waals surface area contributed by atoms with Gasteiger partial charge < -0.3 is 10.1 Å². The van der Waals surface area contributed by atoms with Crippen molar-refractivity contribution >= 4 is 21.6 Å². The Hall–Kier alpha value is -3.17. The average Bonchev–Trinajstić information content (AvgIpc) is 2.96. The van der Waals surface area contributed by atoms with Gasteiger partial charge in [-0.15, -0.1) is 0 Å². The van der Waals surface area contributed by atoms with Gasteiger partial charge in [0.15, 0.2) is 0 Å². The van der Waals surface area contributed by atoms with Crippen molar-refractivity contribution in [2.75, 3.05) is 12.4 Å². The first-order valence-electron chi connectivity index (χ1n) is 8.36. The molecule has 9 heteroatoms. The van der Waals surface area contributed by atoms with E-state index in [2.05, 4.69) is 10.4 Å². The van der Waals surface area contributed by atoms with Gasteiger partial charge in [0.25, 0.3) is 5.91 Å². The second-order valence-electron chi connectivity index (χ2n) is 6.16. The summed E-state index contributed by atoms with van der Waals surface area (Å²) in [5.41, 5.74) is 2.75. The largest absolute Gasteiger partial charge is 0.495 e. The second kappa shape index (κ2) is 7.45. The number of benzene rings is 2. The van der Waals surface area contributed by atoms with Crippen LogP contribution in [0.5, 0.6) is 5.75 Å². The number of sulfonamides is 1. The van der Waals surface area contributed by atoms with E-state index in [1.807, 2.05) is 30.3 Å². The first-order chi connectivity index (χ1) is 13.2. The fourth-order valence-corrected chi connectivity index (χ4v) is 3.69. The van der Waals surface area contributed by atoms with E-state index in [1.54, 1.807) is 18.5 Å². The SMILES string of the molecule is COc1ccc(NC(=O)c2c(C)nn(-c3ccccc3)c2C)cc1S(N)(=O)=O. The molecule has 0 aliphatic carbocycles. The number of primary sulfonamides is 1. The van der Waals surface area contributed by atoms with Gasteiger partial charge in [0.2, 0.25) is 10.0 Å². The Bertz CT molecular complexity index is 1140. The van der Waals surface area contributed by atoms with Gasteiger partial charge in [-0.3, -0.25) is 4.79 Å². The quantitative estimate of drug-likeness (QED) is 0.682. The molecule has 0 spiro atoms. The van der Waals surface area contributed by atoms with E-state index in [0.717, 1.165) is 5.69 Å². The zero-order valence-electron chi connectivity index (χ0n) is 15.6. The topological polar surface area (TPSA) is 116 Å². The molecular weight excluding hydrogens is 380 g/mol. The van der Waals surface area contributed by atoms with Gasteiger partial charge in [-0.05, 0) is 44.2 Å². The maximum Gasteiger partial charge on any atom is 0.259 e. The van der Waals surface area contributed by atoms with Gasteiger partial charge in [0, 0.05) is 5.69 Å². The number of nitrogens with zero attached hydrogens (tertiary/aromatic N) is 2. The van der Waals surface area contributed by atoms with Crippen LogP contribution in [0.25, 0.3) is 5.69 Å². The molecular formula is C19H20N4O4S. The second-order valence-corrected chi connectivity index (χ2v) is 7.69. The monoisotopic (exact) mass is 400 g/mol. The van der Waals surface area contributed by atoms with Crippen molar-refractivity contribution in [3.05, 3.63) is 65.5 Å². The molecule has 0 radical (unpaired) electrons. The smallest absolute Gasteiger partial charge is 0.259 e. The number of aryl methyl sites for hydroxylation is 1. The predicted molar refractivity (Wildman–Crippen MR) is 105 cm³/mol. The Kier molecular flexibility index (Phi) is 5.21. The van der Waals surface area contributed by atoms with E-state index in [-0.39, 0.29) is 16.3 Å². The molecule has 3 N–H and O–H groups in total. The zero-order chi connectivity index (χ0) is 20.5. The number of amides is 1. The molecule has 0 saturated carbocycles. The summed E-state index contributed by atoms with van der Waals surface area (Å²) in [7, 11) is -2.67. The van der Waals surface area contributed by atoms with Crippen LogP contribution in [0.15, 0.2) is 53.4 Å². The summed E-state index contributed by atoms with van der Waals surface area (Å²) >= 11 is 0. The van der Waals surface area contributed by atoms with Crippen molar-refractivity contribution in [1.29, 1.82) is 0 Å². The number of aromatic nitrogens is 2. The van der Waals surface area contributed by atoms with Gasteiger partial charge in [-0.2, -0.15) is 5.10 Å². The molecule has 2 aromatic carbocycles. The van der Waals surface area contributed by atoms with Crippen LogP contribution in [0.2, 0.25) is 0 Å². The number of rotatable bonds is 5. The number of anilines is 1. The first-order valence-corrected chi connectivity index (χ1v) is 9.91. The number of carbonyl (C=O) groups is 1. The third-order valence-corrected chi connectivity index (χ3v) is 5.18. The van der Waals surface area contributed by atoms with Gasteiger partial charge in [0.1, 0.15) is 10.6 Å². The van der Waals surface area contributed by atoms with Gasteiger partial charge in [-0.1, -0.05) is 18.2 Å². The minimum absolute atomic E-state index is 0.102. The molecule has 146 valence electrons. The highest BCUT2D eigenvalue weighted by Gasteiger charge is 2.21. The van der Waals surface area contributed by atoms with E-state index in [1.165, 1.54) is 25.3 Å². The summed E-state index contributed by atoms with van der Waals surface area (Å²) in [6.45, 7) is 3.54. The van der Waals surface area contributed by atoms with Crippen molar-refractivity contribution in [3.8, 4) is 11.4 Å². The molecule has 3 rings (SSSR count). The summed E-state index contributed by atoms with van der Waals surface area (Å²) in [4.78, 5) is 12.6. The minimum Gasteiger partial charge on any atom is -0.495 e. The Balaban J connectivity index is 1.96. The Morgan fingerprint density at radius 3 is 2.43 bits per heavy atom. The van der Waals surface area contributed by atoms with Gasteiger partial charge >= 0.3 is 0 Å². The number of carbonyl (C=O) groups excluding carboxylic acids is 1. The third kappa shape index (κ3) is 3.75. The van der Waals surface area contributed by atoms with Crippen LogP contribution in [-0.4, -0.2) is 31.2 Å². The van der Waals surface area contributed by atoms with Crippen LogP contribution in [0.3, 0.4) is 0 Å². The van der Waals surface area contributed by atoms with Crippen molar-refractivity contribution < 1.29 is 17.9 Å². The maximum atomic E-state index is 12.8. The lowest BCUT2D eigenvalue weighted by Crippen LogP contribution is -2.16. The van der Waals surface area contributed by atoms with Crippen molar-refractivity contribution in [3.63, 3.8) is 0 Å². The minimum atomic E-state index is -4.01. The number of hydrogen-bond acceptors (Lipinski definition) is 5. The Morgan fingerprint density at radius 2 is 1.82 bits per heavy atom. The summed E-state index contributed by atoms with van der Waals surface area (Å²) in [6.07, 6.45) is 0. The van der Waals surface area contributed by atoms with Gasteiger partial charge in [0.05, 0.1) is 29.7 Å². The van der Waals surface area contributed by atoms with Crippen LogP contribution in [0.1, 0.15) is 21.7 Å². The fraction of sp³-hybridized carbons (Fsp3) is 0.158. The van der Waals surface area contributed by atoms with E-state index in [9.17, 15) is 13.2 Å². The molecule has 0 aliphatic rings. The first kappa shape index (κ1) is 19.6. The van der Waals surface area contributed by atoms with Crippen LogP contribution in [0, 0.1) is 13.8 Å². The van der Waals surface area contributed by atoms with Crippen LogP contribution in [0.4, 0.5) is 5.69 Å². The molecule has 0 saturated heterocycles. The number of nitrogens with two attached hydrogens (primary N) is 1. The molecule has 28 heavy (non-hydrogen) atoms. The number of para-hydroxylation sites is 1.